The van der Waals surface area contributed by atoms with Crippen LogP contribution in [0.25, 0.3) is 5.69 Å². The molecule has 7 nitrogen and oxygen atoms in total. The Morgan fingerprint density at radius 2 is 2.05 bits per heavy atom. The van der Waals surface area contributed by atoms with Gasteiger partial charge in [-0.05, 0) is 35.4 Å². The summed E-state index contributed by atoms with van der Waals surface area (Å²) in [6.45, 7) is 4.27. The molecule has 1 amide bonds. The molecule has 0 fully saturated rings. The predicted molar refractivity (Wildman–Crippen MR) is 79.9 cm³/mol. The number of benzene rings is 1. The molecule has 0 aliphatic heterocycles. The van der Waals surface area contributed by atoms with Crippen molar-refractivity contribution in [2.75, 3.05) is 11.9 Å². The molecule has 0 saturated heterocycles. The number of hydrogen-bond donors (Lipinski definition) is 2. The molecule has 21 heavy (non-hydrogen) atoms. The van der Waals surface area contributed by atoms with Crippen molar-refractivity contribution >= 4 is 11.6 Å². The van der Waals surface area contributed by atoms with E-state index in [-0.39, 0.29) is 5.91 Å². The van der Waals surface area contributed by atoms with Crippen molar-refractivity contribution in [2.45, 2.75) is 26.7 Å². The van der Waals surface area contributed by atoms with Crippen LogP contribution in [0.2, 0.25) is 0 Å². The lowest BCUT2D eigenvalue weighted by molar-refractivity contribution is -0.125. The topological polar surface area (TPSA) is 98.7 Å². The second-order valence-electron chi connectivity index (χ2n) is 4.92. The van der Waals surface area contributed by atoms with Crippen molar-refractivity contribution < 1.29 is 4.79 Å². The third kappa shape index (κ3) is 2.92. The Balaban J connectivity index is 2.30. The third-order valence-electron chi connectivity index (χ3n) is 3.97. The average Bonchev–Trinajstić information content (AvgIpc) is 3.04. The van der Waals surface area contributed by atoms with E-state index in [4.69, 9.17) is 5.73 Å². The molecule has 1 aromatic carbocycles. The van der Waals surface area contributed by atoms with Crippen LogP contribution in [0.15, 0.2) is 30.6 Å². The van der Waals surface area contributed by atoms with Crippen LogP contribution < -0.4 is 11.1 Å². The van der Waals surface area contributed by atoms with Crippen LogP contribution >= 0.6 is 0 Å². The summed E-state index contributed by atoms with van der Waals surface area (Å²) in [6, 6.07) is 7.38. The molecule has 0 aliphatic carbocycles. The molecule has 1 aromatic heterocycles. The predicted octanol–water partition coefficient (Wildman–Crippen LogP) is 1.37. The molecule has 7 heteroatoms. The van der Waals surface area contributed by atoms with E-state index in [9.17, 15) is 4.79 Å². The minimum Gasteiger partial charge on any atom is -0.329 e. The maximum absolute atomic E-state index is 12.6. The third-order valence-corrected chi connectivity index (χ3v) is 3.97. The fourth-order valence-corrected chi connectivity index (χ4v) is 2.26. The van der Waals surface area contributed by atoms with Crippen molar-refractivity contribution in [3.63, 3.8) is 0 Å². The Kier molecular flexibility index (Phi) is 4.64. The normalized spacial score (nSPS) is 11.4. The van der Waals surface area contributed by atoms with Gasteiger partial charge in [0.2, 0.25) is 5.91 Å². The van der Waals surface area contributed by atoms with Crippen molar-refractivity contribution in [1.82, 2.24) is 20.2 Å². The first-order valence-corrected chi connectivity index (χ1v) is 7.00. The zero-order valence-corrected chi connectivity index (χ0v) is 12.3. The number of carbonyl (C=O) groups excluding carboxylic acids is 1. The highest BCUT2D eigenvalue weighted by Gasteiger charge is 2.33. The van der Waals surface area contributed by atoms with Crippen LogP contribution in [-0.4, -0.2) is 32.7 Å². The summed E-state index contributed by atoms with van der Waals surface area (Å²) in [5.41, 5.74) is 6.65. The van der Waals surface area contributed by atoms with Crippen molar-refractivity contribution in [1.29, 1.82) is 0 Å². The highest BCUT2D eigenvalue weighted by atomic mass is 16.2. The van der Waals surface area contributed by atoms with Gasteiger partial charge in [0.1, 0.15) is 6.33 Å². The first-order chi connectivity index (χ1) is 10.2. The summed E-state index contributed by atoms with van der Waals surface area (Å²) >= 11 is 0. The number of hydrogen-bond acceptors (Lipinski definition) is 5. The van der Waals surface area contributed by atoms with Gasteiger partial charge in [0.25, 0.3) is 0 Å². The Bertz CT molecular complexity index is 583. The summed E-state index contributed by atoms with van der Waals surface area (Å²) in [5, 5.41) is 14.0. The van der Waals surface area contributed by atoms with Gasteiger partial charge in [0.15, 0.2) is 0 Å². The van der Waals surface area contributed by atoms with Gasteiger partial charge in [-0.3, -0.25) is 4.79 Å². The number of carbonyl (C=O) groups is 1. The molecule has 2 rings (SSSR count). The molecule has 0 atom stereocenters. The second-order valence-corrected chi connectivity index (χ2v) is 4.92. The summed E-state index contributed by atoms with van der Waals surface area (Å²) in [4.78, 5) is 12.6. The first-order valence-electron chi connectivity index (χ1n) is 7.00. The van der Waals surface area contributed by atoms with Crippen LogP contribution in [0.4, 0.5) is 5.69 Å². The molecule has 0 bridgehead atoms. The molecule has 2 aromatic rings. The number of anilines is 1. The van der Waals surface area contributed by atoms with Crippen LogP contribution in [0.1, 0.15) is 26.7 Å². The number of aromatic nitrogens is 4. The molecule has 112 valence electrons. The second kappa shape index (κ2) is 6.45. The van der Waals surface area contributed by atoms with Gasteiger partial charge in [-0.25, -0.2) is 0 Å². The minimum absolute atomic E-state index is 0.0736. The number of nitrogens with one attached hydrogen (secondary N) is 1. The van der Waals surface area contributed by atoms with E-state index >= 15 is 0 Å². The summed E-state index contributed by atoms with van der Waals surface area (Å²) in [5.74, 6) is -0.0736. The Morgan fingerprint density at radius 3 is 2.62 bits per heavy atom. The Hall–Kier alpha value is -2.28. The van der Waals surface area contributed by atoms with Crippen molar-refractivity contribution in [3.05, 3.63) is 30.6 Å². The van der Waals surface area contributed by atoms with Gasteiger partial charge in [0, 0.05) is 6.54 Å². The van der Waals surface area contributed by atoms with E-state index in [0.29, 0.717) is 30.8 Å². The number of rotatable bonds is 6. The van der Waals surface area contributed by atoms with E-state index < -0.39 is 5.41 Å². The van der Waals surface area contributed by atoms with Gasteiger partial charge >= 0.3 is 0 Å². The molecular weight excluding hydrogens is 268 g/mol. The number of nitrogens with zero attached hydrogens (tertiary/aromatic N) is 4. The lowest BCUT2D eigenvalue weighted by Crippen LogP contribution is -2.41. The van der Waals surface area contributed by atoms with Crippen molar-refractivity contribution in [3.8, 4) is 5.69 Å². The monoisotopic (exact) mass is 288 g/mol. The Labute approximate surface area is 123 Å². The number of nitrogens with two attached hydrogens (primary N) is 1. The van der Waals surface area contributed by atoms with E-state index in [0.717, 1.165) is 0 Å². The van der Waals surface area contributed by atoms with Crippen LogP contribution in [0.5, 0.6) is 0 Å². The maximum atomic E-state index is 12.6. The van der Waals surface area contributed by atoms with Crippen LogP contribution in [0.3, 0.4) is 0 Å². The fraction of sp³-hybridized carbons (Fsp3) is 0.429. The molecule has 3 N–H and O–H groups in total. The fourth-order valence-electron chi connectivity index (χ4n) is 2.26. The standard InChI is InChI=1S/C14H20N6O/c1-3-14(4-2,9-15)13(21)17-11-7-5-6-8-12(11)20-10-16-18-19-20/h5-8,10H,3-4,9,15H2,1-2H3,(H,17,21). The first kappa shape index (κ1) is 15.1. The molecule has 0 unspecified atom stereocenters. The van der Waals surface area contributed by atoms with E-state index in [1.807, 2.05) is 38.1 Å². The number of tetrazole rings is 1. The number of para-hydroxylation sites is 2. The zero-order chi connectivity index (χ0) is 15.3. The largest absolute Gasteiger partial charge is 0.329 e. The molecule has 0 radical (unpaired) electrons. The SMILES string of the molecule is CCC(CC)(CN)C(=O)Nc1ccccc1-n1cnnn1. The van der Waals surface area contributed by atoms with Gasteiger partial charge in [-0.15, -0.1) is 5.10 Å². The van der Waals surface area contributed by atoms with Gasteiger partial charge in [-0.2, -0.15) is 4.68 Å². The number of amides is 1. The molecule has 0 saturated carbocycles. The molecular formula is C14H20N6O. The van der Waals surface area contributed by atoms with Crippen LogP contribution in [0, 0.1) is 5.41 Å². The summed E-state index contributed by atoms with van der Waals surface area (Å²) < 4.78 is 1.51. The minimum atomic E-state index is -0.548. The molecule has 0 aliphatic rings. The van der Waals surface area contributed by atoms with E-state index in [2.05, 4.69) is 20.8 Å². The highest BCUT2D eigenvalue weighted by Crippen LogP contribution is 2.28. The zero-order valence-electron chi connectivity index (χ0n) is 12.3. The van der Waals surface area contributed by atoms with E-state index in [1.165, 1.54) is 11.0 Å². The smallest absolute Gasteiger partial charge is 0.231 e. The lowest BCUT2D eigenvalue weighted by Gasteiger charge is -2.28. The quantitative estimate of drug-likeness (QED) is 0.836. The summed E-state index contributed by atoms with van der Waals surface area (Å²) in [7, 11) is 0. The molecule has 0 spiro atoms. The average molecular weight is 288 g/mol. The molecule has 1 heterocycles. The van der Waals surface area contributed by atoms with Crippen LogP contribution in [-0.2, 0) is 4.79 Å². The van der Waals surface area contributed by atoms with Gasteiger partial charge in [-0.1, -0.05) is 26.0 Å². The maximum Gasteiger partial charge on any atom is 0.231 e. The summed E-state index contributed by atoms with van der Waals surface area (Å²) in [6.07, 6.45) is 2.87. The highest BCUT2D eigenvalue weighted by molar-refractivity contribution is 5.97. The Morgan fingerprint density at radius 1 is 1.33 bits per heavy atom. The van der Waals surface area contributed by atoms with Crippen molar-refractivity contribution in [2.24, 2.45) is 11.1 Å². The van der Waals surface area contributed by atoms with E-state index in [1.54, 1.807) is 0 Å². The lowest BCUT2D eigenvalue weighted by atomic mass is 9.81. The van der Waals surface area contributed by atoms with Gasteiger partial charge in [0.05, 0.1) is 16.8 Å². The van der Waals surface area contributed by atoms with Gasteiger partial charge < -0.3 is 11.1 Å².